The van der Waals surface area contributed by atoms with Crippen molar-refractivity contribution in [3.05, 3.63) is 59.7 Å². The number of methoxy groups -OCH3 is 1. The third-order valence-corrected chi connectivity index (χ3v) is 4.95. The van der Waals surface area contributed by atoms with Crippen LogP contribution in [-0.4, -0.2) is 62.4 Å². The van der Waals surface area contributed by atoms with Crippen molar-refractivity contribution in [3.63, 3.8) is 0 Å². The summed E-state index contributed by atoms with van der Waals surface area (Å²) in [6.07, 6.45) is 1.39. The molecule has 0 aliphatic carbocycles. The van der Waals surface area contributed by atoms with Gasteiger partial charge in [-0.2, -0.15) is 0 Å². The maximum absolute atomic E-state index is 12.0. The maximum atomic E-state index is 12.0. The Hall–Kier alpha value is -3.06. The van der Waals surface area contributed by atoms with Gasteiger partial charge in [0.2, 0.25) is 0 Å². The van der Waals surface area contributed by atoms with Crippen molar-refractivity contribution >= 4 is 11.9 Å². The van der Waals surface area contributed by atoms with Crippen LogP contribution in [0.25, 0.3) is 0 Å². The van der Waals surface area contributed by atoms with Crippen LogP contribution >= 0.6 is 0 Å². The number of rotatable bonds is 14. The Morgan fingerprint density at radius 2 is 1.81 bits per heavy atom. The van der Waals surface area contributed by atoms with Crippen LogP contribution in [0.4, 0.5) is 0 Å². The zero-order chi connectivity index (χ0) is 23.3. The molecule has 7 nitrogen and oxygen atoms in total. The number of carboxylic acids is 1. The zero-order valence-electron chi connectivity index (χ0n) is 19.1. The molecule has 32 heavy (non-hydrogen) atoms. The first kappa shape index (κ1) is 25.2. The molecule has 0 amide bonds. The second-order valence-electron chi connectivity index (χ2n) is 7.87. The van der Waals surface area contributed by atoms with E-state index in [4.69, 9.17) is 19.3 Å². The van der Waals surface area contributed by atoms with E-state index in [9.17, 15) is 9.59 Å². The first-order chi connectivity index (χ1) is 15.4. The largest absolute Gasteiger partial charge is 0.497 e. The van der Waals surface area contributed by atoms with Gasteiger partial charge in [-0.3, -0.25) is 9.59 Å². The van der Waals surface area contributed by atoms with Crippen molar-refractivity contribution in [2.45, 2.75) is 38.2 Å². The fourth-order valence-corrected chi connectivity index (χ4v) is 3.17. The molecule has 7 heteroatoms. The number of para-hydroxylation sites is 1. The minimum atomic E-state index is -1.02. The third kappa shape index (κ3) is 9.39. The summed E-state index contributed by atoms with van der Waals surface area (Å²) in [5, 5.41) is 8.77. The Bertz CT molecular complexity index is 867. The maximum Gasteiger partial charge on any atom is 0.306 e. The molecule has 174 valence electrons. The number of benzene rings is 2. The molecule has 0 saturated carbocycles. The van der Waals surface area contributed by atoms with E-state index in [1.807, 2.05) is 61.5 Å². The van der Waals surface area contributed by atoms with Gasteiger partial charge >= 0.3 is 11.9 Å². The number of carbonyl (C=O) groups excluding carboxylic acids is 1. The molecule has 0 bridgehead atoms. The summed E-state index contributed by atoms with van der Waals surface area (Å²) in [5.74, 6) is 0.0476. The smallest absolute Gasteiger partial charge is 0.306 e. The molecule has 0 fully saturated rings. The van der Waals surface area contributed by atoms with Gasteiger partial charge in [0.05, 0.1) is 20.0 Å². The SMILES string of the molecule is COc1cccc(CCc2ccccc2OCC(CCN(C)C)OC(=O)CCC(=O)O)c1. The number of ether oxygens (including phenoxy) is 3. The summed E-state index contributed by atoms with van der Waals surface area (Å²) in [6, 6.07) is 15.8. The highest BCUT2D eigenvalue weighted by Gasteiger charge is 2.17. The number of esters is 1. The third-order valence-electron chi connectivity index (χ3n) is 4.95. The second kappa shape index (κ2) is 13.4. The summed E-state index contributed by atoms with van der Waals surface area (Å²) >= 11 is 0. The Morgan fingerprint density at radius 1 is 1.03 bits per heavy atom. The molecule has 2 rings (SSSR count). The van der Waals surface area contributed by atoms with E-state index in [1.54, 1.807) is 7.11 Å². The Morgan fingerprint density at radius 3 is 2.53 bits per heavy atom. The first-order valence-electron chi connectivity index (χ1n) is 10.8. The van der Waals surface area contributed by atoms with Gasteiger partial charge < -0.3 is 24.2 Å². The number of aliphatic carboxylic acids is 1. The summed E-state index contributed by atoms with van der Waals surface area (Å²) in [5.41, 5.74) is 2.24. The van der Waals surface area contributed by atoms with Gasteiger partial charge in [0.1, 0.15) is 24.2 Å². The molecule has 0 aromatic heterocycles. The van der Waals surface area contributed by atoms with Crippen molar-refractivity contribution in [2.75, 3.05) is 34.4 Å². The molecular weight excluding hydrogens is 410 g/mol. The molecule has 2 aromatic carbocycles. The molecule has 1 N–H and O–H groups in total. The lowest BCUT2D eigenvalue weighted by molar-refractivity contribution is -0.153. The molecule has 1 unspecified atom stereocenters. The predicted molar refractivity (Wildman–Crippen MR) is 122 cm³/mol. The summed E-state index contributed by atoms with van der Waals surface area (Å²) in [7, 11) is 5.54. The number of aryl methyl sites for hydroxylation is 2. The lowest BCUT2D eigenvalue weighted by Gasteiger charge is -2.21. The highest BCUT2D eigenvalue weighted by atomic mass is 16.6. The molecule has 0 aliphatic heterocycles. The molecule has 0 saturated heterocycles. The van der Waals surface area contributed by atoms with Crippen LogP contribution in [0.5, 0.6) is 11.5 Å². The van der Waals surface area contributed by atoms with Gasteiger partial charge in [0, 0.05) is 13.0 Å². The van der Waals surface area contributed by atoms with Crippen molar-refractivity contribution < 1.29 is 28.9 Å². The molecule has 0 heterocycles. The number of hydrogen-bond acceptors (Lipinski definition) is 6. The quantitative estimate of drug-likeness (QED) is 0.447. The Kier molecular flexibility index (Phi) is 10.5. The molecular formula is C25H33NO6. The van der Waals surface area contributed by atoms with Gasteiger partial charge in [-0.15, -0.1) is 0 Å². The lowest BCUT2D eigenvalue weighted by Crippen LogP contribution is -2.29. The average Bonchev–Trinajstić information content (AvgIpc) is 2.78. The van der Waals surface area contributed by atoms with E-state index in [2.05, 4.69) is 6.07 Å². The van der Waals surface area contributed by atoms with Gasteiger partial charge in [0.25, 0.3) is 0 Å². The van der Waals surface area contributed by atoms with Crippen LogP contribution in [0.1, 0.15) is 30.4 Å². The van der Waals surface area contributed by atoms with E-state index in [1.165, 1.54) is 5.56 Å². The normalized spacial score (nSPS) is 11.8. The van der Waals surface area contributed by atoms with Crippen LogP contribution in [0.15, 0.2) is 48.5 Å². The molecule has 2 aromatic rings. The standard InChI is InChI=1S/C25H33NO6/c1-26(2)16-15-22(32-25(29)14-13-24(27)28)18-31-23-10-5-4-8-20(23)12-11-19-7-6-9-21(17-19)30-3/h4-10,17,22H,11-16,18H2,1-3H3,(H,27,28). The van der Waals surface area contributed by atoms with Gasteiger partial charge in [0.15, 0.2) is 0 Å². The summed E-state index contributed by atoms with van der Waals surface area (Å²) in [4.78, 5) is 24.7. The summed E-state index contributed by atoms with van der Waals surface area (Å²) in [6.45, 7) is 0.931. The van der Waals surface area contributed by atoms with E-state index in [0.717, 1.165) is 36.4 Å². The number of nitrogens with zero attached hydrogens (tertiary/aromatic N) is 1. The van der Waals surface area contributed by atoms with Crippen LogP contribution in [-0.2, 0) is 27.2 Å². The highest BCUT2D eigenvalue weighted by Crippen LogP contribution is 2.22. The Labute approximate surface area is 189 Å². The Balaban J connectivity index is 1.98. The predicted octanol–water partition coefficient (Wildman–Crippen LogP) is 3.59. The molecule has 1 atom stereocenters. The monoisotopic (exact) mass is 443 g/mol. The van der Waals surface area contributed by atoms with Crippen molar-refractivity contribution in [2.24, 2.45) is 0 Å². The van der Waals surface area contributed by atoms with Crippen LogP contribution < -0.4 is 9.47 Å². The van der Waals surface area contributed by atoms with E-state index in [0.29, 0.717) is 6.42 Å². The fourth-order valence-electron chi connectivity index (χ4n) is 3.17. The number of carbonyl (C=O) groups is 2. The van der Waals surface area contributed by atoms with E-state index >= 15 is 0 Å². The molecule has 0 spiro atoms. The highest BCUT2D eigenvalue weighted by molar-refractivity contribution is 5.76. The topological polar surface area (TPSA) is 85.3 Å². The zero-order valence-corrected chi connectivity index (χ0v) is 19.1. The molecule has 0 aliphatic rings. The number of carboxylic acid groups (broad SMARTS) is 1. The van der Waals surface area contributed by atoms with Gasteiger partial charge in [-0.1, -0.05) is 30.3 Å². The van der Waals surface area contributed by atoms with Crippen molar-refractivity contribution in [1.82, 2.24) is 4.90 Å². The van der Waals surface area contributed by atoms with Crippen LogP contribution in [0.2, 0.25) is 0 Å². The fraction of sp³-hybridized carbons (Fsp3) is 0.440. The average molecular weight is 444 g/mol. The van der Waals surface area contributed by atoms with Gasteiger partial charge in [-0.25, -0.2) is 0 Å². The second-order valence-corrected chi connectivity index (χ2v) is 7.87. The minimum absolute atomic E-state index is 0.148. The van der Waals surface area contributed by atoms with Crippen LogP contribution in [0.3, 0.4) is 0 Å². The lowest BCUT2D eigenvalue weighted by atomic mass is 10.0. The van der Waals surface area contributed by atoms with E-state index < -0.39 is 18.0 Å². The minimum Gasteiger partial charge on any atom is -0.497 e. The van der Waals surface area contributed by atoms with Crippen molar-refractivity contribution in [3.8, 4) is 11.5 Å². The van der Waals surface area contributed by atoms with Crippen molar-refractivity contribution in [1.29, 1.82) is 0 Å². The van der Waals surface area contributed by atoms with E-state index in [-0.39, 0.29) is 19.4 Å². The molecule has 0 radical (unpaired) electrons. The van der Waals surface area contributed by atoms with Crippen LogP contribution in [0, 0.1) is 0 Å². The number of hydrogen-bond donors (Lipinski definition) is 1. The van der Waals surface area contributed by atoms with Gasteiger partial charge in [-0.05, 0) is 56.3 Å². The first-order valence-corrected chi connectivity index (χ1v) is 10.8. The summed E-state index contributed by atoms with van der Waals surface area (Å²) < 4.78 is 16.8.